The Hall–Kier alpha value is -2.28. The van der Waals surface area contributed by atoms with Gasteiger partial charge in [-0.05, 0) is 48.9 Å². The van der Waals surface area contributed by atoms with Gasteiger partial charge < -0.3 is 0 Å². The van der Waals surface area contributed by atoms with E-state index >= 15 is 0 Å². The molecule has 0 aliphatic carbocycles. The number of aryl methyl sites for hydroxylation is 1. The molecule has 0 spiro atoms. The van der Waals surface area contributed by atoms with E-state index < -0.39 is 9.84 Å². The van der Waals surface area contributed by atoms with Crippen molar-refractivity contribution in [2.45, 2.75) is 11.8 Å². The first-order chi connectivity index (χ1) is 12.8. The van der Waals surface area contributed by atoms with Crippen LogP contribution < -0.4 is 5.43 Å². The number of benzene rings is 2. The zero-order valence-electron chi connectivity index (χ0n) is 14.7. The molecule has 0 atom stereocenters. The van der Waals surface area contributed by atoms with Crippen molar-refractivity contribution < 1.29 is 8.42 Å². The summed E-state index contributed by atoms with van der Waals surface area (Å²) in [6, 6.07) is 18.3. The summed E-state index contributed by atoms with van der Waals surface area (Å²) in [5, 5.41) is 0.708. The molecular formula is C21H16O3S3. The monoisotopic (exact) mass is 412 g/mol. The highest BCUT2D eigenvalue weighted by molar-refractivity contribution is 7.90. The van der Waals surface area contributed by atoms with E-state index in [1.54, 1.807) is 46.9 Å². The van der Waals surface area contributed by atoms with Gasteiger partial charge in [0.2, 0.25) is 0 Å². The van der Waals surface area contributed by atoms with Crippen molar-refractivity contribution in [3.63, 3.8) is 0 Å². The maximum Gasteiger partial charge on any atom is 0.197 e. The number of hydrogen-bond acceptors (Lipinski definition) is 5. The first-order valence-corrected chi connectivity index (χ1v) is 11.8. The van der Waals surface area contributed by atoms with Crippen LogP contribution in [0.15, 0.2) is 70.4 Å². The fourth-order valence-corrected chi connectivity index (χ4v) is 5.80. The smallest absolute Gasteiger partial charge is 0.197 e. The Bertz CT molecular complexity index is 1310. The third-order valence-corrected chi connectivity index (χ3v) is 7.70. The van der Waals surface area contributed by atoms with Crippen molar-refractivity contribution in [2.24, 2.45) is 0 Å². The predicted octanol–water partition coefficient (Wildman–Crippen LogP) is 5.37. The minimum Gasteiger partial charge on any atom is -0.288 e. The molecule has 136 valence electrons. The first-order valence-electron chi connectivity index (χ1n) is 8.28. The Labute approximate surface area is 165 Å². The molecule has 4 rings (SSSR count). The van der Waals surface area contributed by atoms with Gasteiger partial charge in [0.05, 0.1) is 10.5 Å². The van der Waals surface area contributed by atoms with Gasteiger partial charge in [-0.15, -0.1) is 22.7 Å². The first kappa shape index (κ1) is 18.1. The SMILES string of the molecule is Cc1ccc(-c2c(-c3ccc(S(C)(=O)=O)cc3)sc3ccccc3c2=O)s1. The van der Waals surface area contributed by atoms with Gasteiger partial charge in [0, 0.05) is 31.0 Å². The van der Waals surface area contributed by atoms with Crippen molar-refractivity contribution in [2.75, 3.05) is 6.26 Å². The van der Waals surface area contributed by atoms with E-state index in [1.807, 2.05) is 43.3 Å². The number of sulfone groups is 1. The molecule has 4 aromatic rings. The van der Waals surface area contributed by atoms with Crippen LogP contribution >= 0.6 is 22.7 Å². The minimum atomic E-state index is -3.26. The summed E-state index contributed by atoms with van der Waals surface area (Å²) < 4.78 is 24.4. The molecule has 2 aromatic carbocycles. The van der Waals surface area contributed by atoms with Crippen LogP contribution in [0.25, 0.3) is 31.0 Å². The van der Waals surface area contributed by atoms with Crippen LogP contribution in [0.4, 0.5) is 0 Å². The fraction of sp³-hybridized carbons (Fsp3) is 0.0952. The third-order valence-electron chi connectivity index (χ3n) is 4.33. The van der Waals surface area contributed by atoms with Crippen molar-refractivity contribution in [3.8, 4) is 20.9 Å². The van der Waals surface area contributed by atoms with Crippen LogP contribution in [0.2, 0.25) is 0 Å². The van der Waals surface area contributed by atoms with Crippen molar-refractivity contribution in [3.05, 3.63) is 75.8 Å². The minimum absolute atomic E-state index is 0.00777. The Kier molecular flexibility index (Phi) is 4.50. The molecule has 0 saturated heterocycles. The zero-order valence-corrected chi connectivity index (χ0v) is 17.2. The van der Waals surface area contributed by atoms with E-state index in [0.29, 0.717) is 10.9 Å². The molecule has 0 bridgehead atoms. The maximum atomic E-state index is 13.3. The summed E-state index contributed by atoms with van der Waals surface area (Å²) in [6.07, 6.45) is 1.19. The predicted molar refractivity (Wildman–Crippen MR) is 115 cm³/mol. The lowest BCUT2D eigenvalue weighted by molar-refractivity contribution is 0.602. The summed E-state index contributed by atoms with van der Waals surface area (Å²) >= 11 is 3.15. The van der Waals surface area contributed by atoms with Crippen LogP contribution in [0.5, 0.6) is 0 Å². The molecule has 0 aliphatic heterocycles. The molecule has 2 aromatic heterocycles. The van der Waals surface area contributed by atoms with Gasteiger partial charge in [-0.1, -0.05) is 24.3 Å². The van der Waals surface area contributed by atoms with E-state index in [2.05, 4.69) is 0 Å². The lowest BCUT2D eigenvalue weighted by atomic mass is 10.1. The molecule has 0 N–H and O–H groups in total. The molecular weight excluding hydrogens is 396 g/mol. The number of hydrogen-bond donors (Lipinski definition) is 0. The van der Waals surface area contributed by atoms with Gasteiger partial charge >= 0.3 is 0 Å². The second-order valence-corrected chi connectivity index (χ2v) is 10.7. The average Bonchev–Trinajstić information content (AvgIpc) is 3.07. The Morgan fingerprint density at radius 3 is 2.19 bits per heavy atom. The highest BCUT2D eigenvalue weighted by Gasteiger charge is 2.18. The van der Waals surface area contributed by atoms with Gasteiger partial charge in [0.1, 0.15) is 0 Å². The zero-order chi connectivity index (χ0) is 19.2. The number of rotatable bonds is 3. The van der Waals surface area contributed by atoms with Crippen molar-refractivity contribution >= 4 is 42.6 Å². The highest BCUT2D eigenvalue weighted by atomic mass is 32.2. The van der Waals surface area contributed by atoms with Gasteiger partial charge in [-0.2, -0.15) is 0 Å². The van der Waals surface area contributed by atoms with Gasteiger partial charge in [0.15, 0.2) is 15.3 Å². The van der Waals surface area contributed by atoms with Crippen molar-refractivity contribution in [1.82, 2.24) is 0 Å². The Morgan fingerprint density at radius 2 is 1.56 bits per heavy atom. The van der Waals surface area contributed by atoms with Gasteiger partial charge in [0.25, 0.3) is 0 Å². The number of thiophene rings is 1. The maximum absolute atomic E-state index is 13.3. The number of fused-ring (bicyclic) bond motifs is 1. The summed E-state index contributed by atoms with van der Waals surface area (Å²) in [5.41, 5.74) is 1.54. The summed E-state index contributed by atoms with van der Waals surface area (Å²) in [4.78, 5) is 16.5. The molecule has 6 heteroatoms. The molecule has 0 saturated carbocycles. The molecule has 3 nitrogen and oxygen atoms in total. The standard InChI is InChI=1S/C21H16O3S3/c1-13-7-12-18(25-13)19-20(22)16-5-3-4-6-17(16)26-21(19)14-8-10-15(11-9-14)27(2,23)24/h3-12H,1-2H3. The molecule has 27 heavy (non-hydrogen) atoms. The highest BCUT2D eigenvalue weighted by Crippen LogP contribution is 2.39. The van der Waals surface area contributed by atoms with Crippen molar-refractivity contribution in [1.29, 1.82) is 0 Å². The molecule has 0 unspecified atom stereocenters. The summed E-state index contributed by atoms with van der Waals surface area (Å²) in [5.74, 6) is 0. The summed E-state index contributed by atoms with van der Waals surface area (Å²) in [6.45, 7) is 2.02. The van der Waals surface area contributed by atoms with Crippen LogP contribution in [0.1, 0.15) is 4.88 Å². The van der Waals surface area contributed by atoms with Crippen LogP contribution in [0, 0.1) is 6.92 Å². The molecule has 0 fully saturated rings. The Morgan fingerprint density at radius 1 is 0.852 bits per heavy atom. The second-order valence-electron chi connectivity index (χ2n) is 6.34. The van der Waals surface area contributed by atoms with Crippen LogP contribution in [-0.4, -0.2) is 14.7 Å². The summed E-state index contributed by atoms with van der Waals surface area (Å²) in [7, 11) is -3.26. The second kappa shape index (κ2) is 6.71. The van der Waals surface area contributed by atoms with Gasteiger partial charge in [-0.3, -0.25) is 4.79 Å². The van der Waals surface area contributed by atoms with E-state index in [4.69, 9.17) is 0 Å². The largest absolute Gasteiger partial charge is 0.288 e. The Balaban J connectivity index is 2.03. The van der Waals surface area contributed by atoms with E-state index in [9.17, 15) is 13.2 Å². The van der Waals surface area contributed by atoms with Crippen LogP contribution in [0.3, 0.4) is 0 Å². The molecule has 0 radical (unpaired) electrons. The quantitative estimate of drug-likeness (QED) is 0.455. The normalized spacial score (nSPS) is 11.8. The lowest BCUT2D eigenvalue weighted by Gasteiger charge is -2.10. The topological polar surface area (TPSA) is 51.2 Å². The fourth-order valence-electron chi connectivity index (χ4n) is 2.99. The van der Waals surface area contributed by atoms with Crippen LogP contribution in [-0.2, 0) is 9.84 Å². The van der Waals surface area contributed by atoms with E-state index in [-0.39, 0.29) is 10.3 Å². The van der Waals surface area contributed by atoms with E-state index in [0.717, 1.165) is 24.9 Å². The molecule has 0 aliphatic rings. The average molecular weight is 413 g/mol. The third kappa shape index (κ3) is 3.36. The van der Waals surface area contributed by atoms with Gasteiger partial charge in [-0.25, -0.2) is 8.42 Å². The molecule has 2 heterocycles. The molecule has 0 amide bonds. The lowest BCUT2D eigenvalue weighted by Crippen LogP contribution is -2.05. The van der Waals surface area contributed by atoms with E-state index in [1.165, 1.54) is 6.26 Å².